The van der Waals surface area contributed by atoms with Gasteiger partial charge in [-0.3, -0.25) is 4.90 Å². The van der Waals surface area contributed by atoms with Gasteiger partial charge in [0.25, 0.3) is 0 Å². The van der Waals surface area contributed by atoms with Crippen molar-refractivity contribution in [3.8, 4) is 0 Å². The number of nitrogens with two attached hydrogens (primary N) is 1. The van der Waals surface area contributed by atoms with Crippen LogP contribution >= 0.6 is 15.9 Å². The average molecular weight is 341 g/mol. The number of ether oxygens (including phenoxy) is 1. The Balaban J connectivity index is 1.86. The molecule has 1 aliphatic heterocycles. The zero-order valence-electron chi connectivity index (χ0n) is 12.6. The third kappa shape index (κ3) is 4.55. The van der Waals surface area contributed by atoms with E-state index in [-0.39, 0.29) is 11.6 Å². The van der Waals surface area contributed by atoms with Gasteiger partial charge in [0, 0.05) is 30.1 Å². The molecule has 1 aromatic carbocycles. The first-order valence-electron chi connectivity index (χ1n) is 7.27. The summed E-state index contributed by atoms with van der Waals surface area (Å²) in [4.78, 5) is 2.47. The van der Waals surface area contributed by atoms with Gasteiger partial charge in [0.05, 0.1) is 11.7 Å². The third-order valence-electron chi connectivity index (χ3n) is 3.69. The summed E-state index contributed by atoms with van der Waals surface area (Å²) in [5.41, 5.74) is 7.44. The predicted octanol–water partition coefficient (Wildman–Crippen LogP) is 3.34. The van der Waals surface area contributed by atoms with Crippen LogP contribution in [0.1, 0.15) is 38.8 Å². The van der Waals surface area contributed by atoms with Crippen LogP contribution in [0, 0.1) is 0 Å². The van der Waals surface area contributed by atoms with Crippen molar-refractivity contribution >= 4 is 15.9 Å². The van der Waals surface area contributed by atoms with Gasteiger partial charge in [0.2, 0.25) is 0 Å². The SMILES string of the molecule is CC1CN(CCC(N)c2ccc(Br)cc2)CC(C)(C)O1. The van der Waals surface area contributed by atoms with Gasteiger partial charge in [-0.2, -0.15) is 0 Å². The van der Waals surface area contributed by atoms with Gasteiger partial charge in [0.1, 0.15) is 0 Å². The van der Waals surface area contributed by atoms with E-state index < -0.39 is 0 Å². The molecule has 0 radical (unpaired) electrons. The molecule has 1 aliphatic rings. The minimum atomic E-state index is -0.0562. The van der Waals surface area contributed by atoms with E-state index in [9.17, 15) is 0 Å². The molecule has 2 unspecified atom stereocenters. The second-order valence-corrected chi connectivity index (χ2v) is 7.29. The summed E-state index contributed by atoms with van der Waals surface area (Å²) in [7, 11) is 0. The Hall–Kier alpha value is -0.420. The maximum absolute atomic E-state index is 6.29. The predicted molar refractivity (Wildman–Crippen MR) is 86.8 cm³/mol. The van der Waals surface area contributed by atoms with Gasteiger partial charge < -0.3 is 10.5 Å². The van der Waals surface area contributed by atoms with E-state index in [2.05, 4.69) is 65.9 Å². The quantitative estimate of drug-likeness (QED) is 0.913. The zero-order valence-corrected chi connectivity index (χ0v) is 14.2. The van der Waals surface area contributed by atoms with Crippen LogP contribution in [0.5, 0.6) is 0 Å². The van der Waals surface area contributed by atoms with Gasteiger partial charge >= 0.3 is 0 Å². The molecule has 4 heteroatoms. The van der Waals surface area contributed by atoms with Crippen LogP contribution in [-0.4, -0.2) is 36.2 Å². The lowest BCUT2D eigenvalue weighted by molar-refractivity contribution is -0.128. The van der Waals surface area contributed by atoms with Crippen molar-refractivity contribution in [2.24, 2.45) is 5.73 Å². The van der Waals surface area contributed by atoms with E-state index >= 15 is 0 Å². The van der Waals surface area contributed by atoms with E-state index in [1.807, 2.05) is 0 Å². The number of benzene rings is 1. The molecule has 1 aromatic rings. The highest BCUT2D eigenvalue weighted by molar-refractivity contribution is 9.10. The molecule has 3 nitrogen and oxygen atoms in total. The topological polar surface area (TPSA) is 38.5 Å². The van der Waals surface area contributed by atoms with Crippen LogP contribution in [-0.2, 0) is 4.74 Å². The molecular formula is C16H25BrN2O. The smallest absolute Gasteiger partial charge is 0.0757 e. The van der Waals surface area contributed by atoms with Crippen molar-refractivity contribution in [2.45, 2.75) is 44.9 Å². The van der Waals surface area contributed by atoms with Crippen molar-refractivity contribution < 1.29 is 4.74 Å². The fourth-order valence-electron chi connectivity index (χ4n) is 2.95. The first-order valence-corrected chi connectivity index (χ1v) is 8.06. The summed E-state index contributed by atoms with van der Waals surface area (Å²) in [6, 6.07) is 8.40. The van der Waals surface area contributed by atoms with Gasteiger partial charge in [-0.15, -0.1) is 0 Å². The van der Waals surface area contributed by atoms with Crippen LogP contribution in [0.2, 0.25) is 0 Å². The van der Waals surface area contributed by atoms with Gasteiger partial charge in [-0.1, -0.05) is 28.1 Å². The minimum absolute atomic E-state index is 0.0562. The van der Waals surface area contributed by atoms with Crippen LogP contribution < -0.4 is 5.73 Å². The third-order valence-corrected chi connectivity index (χ3v) is 4.22. The van der Waals surface area contributed by atoms with Gasteiger partial charge in [-0.05, 0) is 44.9 Å². The lowest BCUT2D eigenvalue weighted by Gasteiger charge is -2.42. The van der Waals surface area contributed by atoms with Crippen molar-refractivity contribution in [3.63, 3.8) is 0 Å². The Morgan fingerprint density at radius 1 is 1.40 bits per heavy atom. The molecule has 0 bridgehead atoms. The molecule has 0 amide bonds. The molecule has 0 spiro atoms. The fraction of sp³-hybridized carbons (Fsp3) is 0.625. The summed E-state index contributed by atoms with van der Waals surface area (Å²) < 4.78 is 7.02. The molecule has 0 aromatic heterocycles. The Labute approximate surface area is 130 Å². The van der Waals surface area contributed by atoms with Crippen LogP contribution in [0.15, 0.2) is 28.7 Å². The second-order valence-electron chi connectivity index (χ2n) is 6.37. The zero-order chi connectivity index (χ0) is 14.8. The molecule has 0 saturated carbocycles. The maximum Gasteiger partial charge on any atom is 0.0757 e. The Morgan fingerprint density at radius 2 is 2.05 bits per heavy atom. The maximum atomic E-state index is 6.29. The highest BCUT2D eigenvalue weighted by atomic mass is 79.9. The van der Waals surface area contributed by atoms with Gasteiger partial charge in [-0.25, -0.2) is 0 Å². The lowest BCUT2D eigenvalue weighted by atomic mass is 10.0. The number of rotatable bonds is 4. The fourth-order valence-corrected chi connectivity index (χ4v) is 3.22. The molecular weight excluding hydrogens is 316 g/mol. The normalized spacial score (nSPS) is 24.6. The first-order chi connectivity index (χ1) is 9.35. The highest BCUT2D eigenvalue weighted by Crippen LogP contribution is 2.23. The van der Waals surface area contributed by atoms with E-state index in [4.69, 9.17) is 10.5 Å². The number of hydrogen-bond acceptors (Lipinski definition) is 3. The van der Waals surface area contributed by atoms with Crippen LogP contribution in [0.4, 0.5) is 0 Å². The second kappa shape index (κ2) is 6.56. The Morgan fingerprint density at radius 3 is 2.65 bits per heavy atom. The lowest BCUT2D eigenvalue weighted by Crippen LogP contribution is -2.52. The largest absolute Gasteiger partial charge is 0.370 e. The van der Waals surface area contributed by atoms with E-state index in [0.29, 0.717) is 6.10 Å². The number of halogens is 1. The molecule has 20 heavy (non-hydrogen) atoms. The Bertz CT molecular complexity index is 433. The molecule has 1 saturated heterocycles. The molecule has 2 atom stereocenters. The summed E-state index contributed by atoms with van der Waals surface area (Å²) in [5.74, 6) is 0. The average Bonchev–Trinajstić information content (AvgIpc) is 2.34. The number of morpholine rings is 1. The molecule has 1 heterocycles. The van der Waals surface area contributed by atoms with Crippen molar-refractivity contribution in [3.05, 3.63) is 34.3 Å². The van der Waals surface area contributed by atoms with E-state index in [0.717, 1.165) is 30.5 Å². The standard InChI is InChI=1S/C16H25BrN2O/c1-12-10-19(11-16(2,3)20-12)9-8-15(18)13-4-6-14(17)7-5-13/h4-7,12,15H,8-11,18H2,1-3H3. The first kappa shape index (κ1) is 16.0. The Kier molecular flexibility index (Phi) is 5.24. The van der Waals surface area contributed by atoms with E-state index in [1.54, 1.807) is 0 Å². The summed E-state index contributed by atoms with van der Waals surface area (Å²) in [6.07, 6.45) is 1.27. The van der Waals surface area contributed by atoms with Crippen LogP contribution in [0.3, 0.4) is 0 Å². The van der Waals surface area contributed by atoms with Crippen molar-refractivity contribution in [1.29, 1.82) is 0 Å². The summed E-state index contributed by atoms with van der Waals surface area (Å²) >= 11 is 3.45. The molecule has 112 valence electrons. The highest BCUT2D eigenvalue weighted by Gasteiger charge is 2.31. The number of hydrogen-bond donors (Lipinski definition) is 1. The van der Waals surface area contributed by atoms with E-state index in [1.165, 1.54) is 5.56 Å². The molecule has 2 rings (SSSR count). The van der Waals surface area contributed by atoms with Gasteiger partial charge in [0.15, 0.2) is 0 Å². The van der Waals surface area contributed by atoms with Crippen molar-refractivity contribution in [2.75, 3.05) is 19.6 Å². The monoisotopic (exact) mass is 340 g/mol. The molecule has 1 fully saturated rings. The van der Waals surface area contributed by atoms with Crippen molar-refractivity contribution in [1.82, 2.24) is 4.90 Å². The molecule has 0 aliphatic carbocycles. The summed E-state index contributed by atoms with van der Waals surface area (Å²) in [6.45, 7) is 9.45. The minimum Gasteiger partial charge on any atom is -0.370 e. The summed E-state index contributed by atoms with van der Waals surface area (Å²) in [5, 5.41) is 0. The number of nitrogens with zero attached hydrogens (tertiary/aromatic N) is 1. The van der Waals surface area contributed by atoms with Crippen LogP contribution in [0.25, 0.3) is 0 Å². The molecule has 2 N–H and O–H groups in total.